The van der Waals surface area contributed by atoms with Crippen molar-refractivity contribution >= 4 is 17.4 Å². The molecule has 2 aliphatic heterocycles. The van der Waals surface area contributed by atoms with Crippen molar-refractivity contribution in [2.75, 3.05) is 13.1 Å². The maximum Gasteiger partial charge on any atom is 0.170 e. The molecule has 2 aromatic carbocycles. The van der Waals surface area contributed by atoms with Crippen LogP contribution >= 0.6 is 11.6 Å². The van der Waals surface area contributed by atoms with Crippen LogP contribution in [0.1, 0.15) is 35.2 Å². The van der Waals surface area contributed by atoms with E-state index in [9.17, 15) is 4.79 Å². The van der Waals surface area contributed by atoms with Crippen LogP contribution in [0, 0.1) is 0 Å². The Morgan fingerprint density at radius 3 is 2.50 bits per heavy atom. The fourth-order valence-corrected chi connectivity index (χ4v) is 3.81. The standard InChI is InChI=1S/C20H20ClNO2/c21-16-7-5-15(6-8-16)14-22-11-9-20(10-12-22)13-18(23)17-3-1-2-4-19(17)24-20/h1-8H,9-14H2. The van der Waals surface area contributed by atoms with Crippen molar-refractivity contribution in [2.24, 2.45) is 0 Å². The van der Waals surface area contributed by atoms with Crippen molar-refractivity contribution in [1.29, 1.82) is 0 Å². The lowest BCUT2D eigenvalue weighted by Crippen LogP contribution is -2.50. The van der Waals surface area contributed by atoms with Gasteiger partial charge in [-0.1, -0.05) is 35.9 Å². The molecule has 0 unspecified atom stereocenters. The molecule has 124 valence electrons. The lowest BCUT2D eigenvalue weighted by atomic mass is 9.82. The molecule has 0 bridgehead atoms. The van der Waals surface area contributed by atoms with Gasteiger partial charge in [0.05, 0.1) is 12.0 Å². The molecule has 4 rings (SSSR count). The lowest BCUT2D eigenvalue weighted by Gasteiger charge is -2.44. The van der Waals surface area contributed by atoms with E-state index in [0.29, 0.717) is 6.42 Å². The molecule has 2 heterocycles. The first-order valence-electron chi connectivity index (χ1n) is 8.42. The third kappa shape index (κ3) is 3.06. The molecular weight excluding hydrogens is 322 g/mol. The average Bonchev–Trinajstić information content (AvgIpc) is 2.59. The Bertz CT molecular complexity index is 748. The molecule has 3 nitrogen and oxygen atoms in total. The van der Waals surface area contributed by atoms with Crippen molar-refractivity contribution in [1.82, 2.24) is 4.90 Å². The molecule has 0 radical (unpaired) electrons. The summed E-state index contributed by atoms with van der Waals surface area (Å²) in [4.78, 5) is 14.9. The van der Waals surface area contributed by atoms with Crippen molar-refractivity contribution in [3.8, 4) is 5.75 Å². The molecule has 2 aromatic rings. The maximum absolute atomic E-state index is 12.5. The van der Waals surface area contributed by atoms with Crippen molar-refractivity contribution < 1.29 is 9.53 Å². The van der Waals surface area contributed by atoms with Crippen molar-refractivity contribution in [3.05, 3.63) is 64.7 Å². The highest BCUT2D eigenvalue weighted by Crippen LogP contribution is 2.39. The molecule has 4 heteroatoms. The fourth-order valence-electron chi connectivity index (χ4n) is 3.69. The molecule has 1 saturated heterocycles. The first-order chi connectivity index (χ1) is 11.6. The zero-order valence-electron chi connectivity index (χ0n) is 13.5. The second kappa shape index (κ2) is 6.23. The first kappa shape index (κ1) is 15.7. The molecule has 0 aromatic heterocycles. The molecule has 0 N–H and O–H groups in total. The Morgan fingerprint density at radius 2 is 1.75 bits per heavy atom. The quantitative estimate of drug-likeness (QED) is 0.813. The number of ketones is 1. The van der Waals surface area contributed by atoms with Gasteiger partial charge in [0.25, 0.3) is 0 Å². The monoisotopic (exact) mass is 341 g/mol. The molecule has 0 atom stereocenters. The van der Waals surface area contributed by atoms with Crippen LogP contribution in [0.3, 0.4) is 0 Å². The number of Topliss-reactive ketones (excluding diaryl/α,β-unsaturated/α-hetero) is 1. The summed E-state index contributed by atoms with van der Waals surface area (Å²) in [5.74, 6) is 0.961. The molecule has 0 amide bonds. The zero-order valence-corrected chi connectivity index (χ0v) is 14.3. The van der Waals surface area contributed by atoms with Gasteiger partial charge >= 0.3 is 0 Å². The summed E-state index contributed by atoms with van der Waals surface area (Å²) >= 11 is 5.94. The lowest BCUT2D eigenvalue weighted by molar-refractivity contribution is -0.0107. The van der Waals surface area contributed by atoms with Crippen LogP contribution < -0.4 is 4.74 Å². The molecular formula is C20H20ClNO2. The van der Waals surface area contributed by atoms with E-state index in [1.165, 1.54) is 5.56 Å². The molecule has 1 spiro atoms. The van der Waals surface area contributed by atoms with E-state index in [1.54, 1.807) is 0 Å². The maximum atomic E-state index is 12.5. The van der Waals surface area contributed by atoms with Gasteiger partial charge in [0, 0.05) is 37.5 Å². The van der Waals surface area contributed by atoms with E-state index in [0.717, 1.165) is 48.8 Å². The summed E-state index contributed by atoms with van der Waals surface area (Å²) in [6.45, 7) is 2.80. The largest absolute Gasteiger partial charge is 0.486 e. The van der Waals surface area contributed by atoms with Crippen molar-refractivity contribution in [3.63, 3.8) is 0 Å². The Balaban J connectivity index is 1.43. The van der Waals surface area contributed by atoms with Gasteiger partial charge in [-0.05, 0) is 29.8 Å². The Hall–Kier alpha value is -1.84. The number of fused-ring (bicyclic) bond motifs is 1. The number of nitrogens with zero attached hydrogens (tertiary/aromatic N) is 1. The topological polar surface area (TPSA) is 29.5 Å². The van der Waals surface area contributed by atoms with Gasteiger partial charge < -0.3 is 4.74 Å². The van der Waals surface area contributed by atoms with Crippen molar-refractivity contribution in [2.45, 2.75) is 31.4 Å². The number of hydrogen-bond acceptors (Lipinski definition) is 3. The summed E-state index contributed by atoms with van der Waals surface area (Å²) in [6, 6.07) is 15.6. The van der Waals surface area contributed by atoms with Crippen LogP contribution in [-0.4, -0.2) is 29.4 Å². The third-order valence-electron chi connectivity index (χ3n) is 5.08. The smallest absolute Gasteiger partial charge is 0.170 e. The van der Waals surface area contributed by atoms with Gasteiger partial charge in [0.2, 0.25) is 0 Å². The number of hydrogen-bond donors (Lipinski definition) is 0. The second-order valence-electron chi connectivity index (χ2n) is 6.78. The number of halogens is 1. The Kier molecular flexibility index (Phi) is 4.07. The normalized spacial score (nSPS) is 19.8. The summed E-state index contributed by atoms with van der Waals surface area (Å²) in [6.07, 6.45) is 2.28. The van der Waals surface area contributed by atoms with Crippen LogP contribution in [0.4, 0.5) is 0 Å². The number of carbonyl (C=O) groups is 1. The first-order valence-corrected chi connectivity index (χ1v) is 8.79. The van der Waals surface area contributed by atoms with Gasteiger partial charge in [-0.15, -0.1) is 0 Å². The average molecular weight is 342 g/mol. The third-order valence-corrected chi connectivity index (χ3v) is 5.34. The molecule has 0 aliphatic carbocycles. The van der Waals surface area contributed by atoms with E-state index in [4.69, 9.17) is 16.3 Å². The number of likely N-dealkylation sites (tertiary alicyclic amines) is 1. The van der Waals surface area contributed by atoms with Gasteiger partial charge in [0.15, 0.2) is 5.78 Å². The van der Waals surface area contributed by atoms with E-state index >= 15 is 0 Å². The number of ether oxygens (including phenoxy) is 1. The summed E-state index contributed by atoms with van der Waals surface area (Å²) < 4.78 is 6.28. The Morgan fingerprint density at radius 1 is 1.04 bits per heavy atom. The van der Waals surface area contributed by atoms with E-state index < -0.39 is 0 Å². The van der Waals surface area contributed by atoms with Gasteiger partial charge in [-0.3, -0.25) is 9.69 Å². The minimum Gasteiger partial charge on any atom is -0.486 e. The Labute approximate surface area is 147 Å². The van der Waals surface area contributed by atoms with Crippen LogP contribution in [0.25, 0.3) is 0 Å². The number of rotatable bonds is 2. The highest BCUT2D eigenvalue weighted by Gasteiger charge is 2.42. The minimum atomic E-state index is -0.318. The number of carbonyl (C=O) groups excluding carboxylic acids is 1. The van der Waals surface area contributed by atoms with Crippen LogP contribution in [0.5, 0.6) is 5.75 Å². The highest BCUT2D eigenvalue weighted by atomic mass is 35.5. The summed E-state index contributed by atoms with van der Waals surface area (Å²) in [5.41, 5.74) is 1.68. The van der Waals surface area contributed by atoms with Gasteiger partial charge in [0.1, 0.15) is 11.4 Å². The minimum absolute atomic E-state index is 0.211. The molecule has 1 fully saturated rings. The van der Waals surface area contributed by atoms with Gasteiger partial charge in [-0.2, -0.15) is 0 Å². The molecule has 0 saturated carbocycles. The van der Waals surface area contributed by atoms with Crippen LogP contribution in [0.15, 0.2) is 48.5 Å². The van der Waals surface area contributed by atoms with E-state index in [2.05, 4.69) is 17.0 Å². The second-order valence-corrected chi connectivity index (χ2v) is 7.22. The zero-order chi connectivity index (χ0) is 16.6. The van der Waals surface area contributed by atoms with E-state index in [1.807, 2.05) is 36.4 Å². The fraction of sp³-hybridized carbons (Fsp3) is 0.350. The summed E-state index contributed by atoms with van der Waals surface area (Å²) in [7, 11) is 0. The molecule has 24 heavy (non-hydrogen) atoms. The number of piperidine rings is 1. The number of benzene rings is 2. The summed E-state index contributed by atoms with van der Waals surface area (Å²) in [5, 5.41) is 0.768. The van der Waals surface area contributed by atoms with Gasteiger partial charge in [-0.25, -0.2) is 0 Å². The molecule has 2 aliphatic rings. The highest BCUT2D eigenvalue weighted by molar-refractivity contribution is 6.30. The van der Waals surface area contributed by atoms with Crippen LogP contribution in [0.2, 0.25) is 5.02 Å². The predicted molar refractivity (Wildman–Crippen MR) is 94.7 cm³/mol. The number of para-hydroxylation sites is 1. The van der Waals surface area contributed by atoms with E-state index in [-0.39, 0.29) is 11.4 Å². The predicted octanol–water partition coefficient (Wildman–Crippen LogP) is 4.34. The van der Waals surface area contributed by atoms with Crippen LogP contribution in [-0.2, 0) is 6.54 Å². The SMILES string of the molecule is O=C1CC2(CCN(Cc3ccc(Cl)cc3)CC2)Oc2ccccc21.